The van der Waals surface area contributed by atoms with Gasteiger partial charge < -0.3 is 9.47 Å². The van der Waals surface area contributed by atoms with Crippen molar-refractivity contribution in [3.63, 3.8) is 0 Å². The zero-order valence-electron chi connectivity index (χ0n) is 49.8. The van der Waals surface area contributed by atoms with E-state index in [-0.39, 0.29) is 35.7 Å². The number of hydrogen-bond acceptors (Lipinski definition) is 6. The molecule has 7 rings (SSSR count). The van der Waals surface area contributed by atoms with Crippen LogP contribution >= 0.6 is 0 Å². The molecule has 0 aromatic heterocycles. The molecule has 5 aromatic rings. The summed E-state index contributed by atoms with van der Waals surface area (Å²) in [6, 6.07) is 11.5. The van der Waals surface area contributed by atoms with Crippen LogP contribution in [0.5, 0.6) is 11.5 Å². The molecule has 0 atom stereocenters. The quantitative estimate of drug-likeness (QED) is 0.0167. The first-order valence-corrected chi connectivity index (χ1v) is 32.6. The topological polar surface area (TPSA) is 93.2 Å². The van der Waals surface area contributed by atoms with Crippen molar-refractivity contribution in [2.45, 2.75) is 285 Å². The van der Waals surface area contributed by atoms with Crippen molar-refractivity contribution in [3.8, 4) is 11.5 Å². The number of amides is 4. The van der Waals surface area contributed by atoms with Gasteiger partial charge in [-0.15, -0.1) is 0 Å². The number of nitrogens with zero attached hydrogens (tertiary/aromatic N) is 2. The minimum Gasteiger partial charge on any atom is -0.493 e. The van der Waals surface area contributed by atoms with E-state index >= 15 is 19.2 Å². The lowest BCUT2D eigenvalue weighted by Crippen LogP contribution is -2.47. The molecule has 0 unspecified atom stereocenters. The van der Waals surface area contributed by atoms with Crippen molar-refractivity contribution in [2.24, 2.45) is 0 Å². The van der Waals surface area contributed by atoms with Crippen molar-refractivity contribution in [2.75, 3.05) is 13.2 Å². The number of imide groups is 2. The summed E-state index contributed by atoms with van der Waals surface area (Å²) in [6.07, 6.45) is 39.2. The molecule has 428 valence electrons. The lowest BCUT2D eigenvalue weighted by molar-refractivity contribution is 0.0501. The van der Waals surface area contributed by atoms with Crippen molar-refractivity contribution >= 4 is 66.7 Å². The fourth-order valence-electron chi connectivity index (χ4n) is 13.2. The highest BCUT2D eigenvalue weighted by atomic mass is 16.5. The summed E-state index contributed by atoms with van der Waals surface area (Å²) in [7, 11) is 0. The van der Waals surface area contributed by atoms with Gasteiger partial charge in [-0.25, -0.2) is 0 Å². The number of rotatable bonds is 42. The van der Waals surface area contributed by atoms with Gasteiger partial charge in [0.25, 0.3) is 23.6 Å². The van der Waals surface area contributed by atoms with E-state index in [1.165, 1.54) is 64.2 Å². The summed E-state index contributed by atoms with van der Waals surface area (Å²) >= 11 is 0. The molecule has 0 spiro atoms. The number of hydrogen-bond donors (Lipinski definition) is 0. The molecular weight excluding hydrogens is 965 g/mol. The second-order valence-corrected chi connectivity index (χ2v) is 23.7. The van der Waals surface area contributed by atoms with Crippen LogP contribution in [0.2, 0.25) is 0 Å². The summed E-state index contributed by atoms with van der Waals surface area (Å²) in [5.41, 5.74) is 2.13. The van der Waals surface area contributed by atoms with Gasteiger partial charge >= 0.3 is 0 Å². The predicted molar refractivity (Wildman–Crippen MR) is 327 cm³/mol. The highest BCUT2D eigenvalue weighted by Gasteiger charge is 2.42. The van der Waals surface area contributed by atoms with Gasteiger partial charge in [0.1, 0.15) is 11.5 Å². The number of fused-ring (bicyclic) bond motifs is 2. The molecule has 4 amide bonds. The van der Waals surface area contributed by atoms with Gasteiger partial charge in [0.15, 0.2) is 0 Å². The summed E-state index contributed by atoms with van der Waals surface area (Å²) in [6.45, 7) is 14.4. The summed E-state index contributed by atoms with van der Waals surface area (Å²) < 4.78 is 14.1. The number of ether oxygens (including phenoxy) is 2. The van der Waals surface area contributed by atoms with Gasteiger partial charge in [0, 0.05) is 50.1 Å². The van der Waals surface area contributed by atoms with Crippen molar-refractivity contribution in [3.05, 3.63) is 58.7 Å². The Bertz CT molecular complexity index is 2530. The molecule has 0 N–H and O–H groups in total. The molecule has 5 aromatic carbocycles. The molecule has 78 heavy (non-hydrogen) atoms. The predicted octanol–water partition coefficient (Wildman–Crippen LogP) is 20.6. The zero-order chi connectivity index (χ0) is 55.2. The maximum Gasteiger partial charge on any atom is 0.261 e. The molecule has 0 saturated carbocycles. The van der Waals surface area contributed by atoms with Gasteiger partial charge in [-0.1, -0.05) is 246 Å². The SMILES string of the molecule is CCCCCCCCCCOc1cc2c3c(cc(OCCCCCCCCCC)c4c5ccc6c7c(ccc(c1c34)c75)C(=O)N(C(CCCCCC)CCCCCC)C6=O)C(=O)N(C(CCCCCC)CCCCCC)C2=O. The monoisotopic (exact) mass is 1070 g/mol. The molecule has 2 aliphatic rings. The van der Waals surface area contributed by atoms with Crippen LogP contribution in [0.4, 0.5) is 0 Å². The third-order valence-corrected chi connectivity index (χ3v) is 17.6. The molecule has 2 aliphatic heterocycles. The minimum atomic E-state index is -0.239. The van der Waals surface area contributed by atoms with Crippen LogP contribution in [0.25, 0.3) is 43.1 Å². The second kappa shape index (κ2) is 31.9. The van der Waals surface area contributed by atoms with E-state index in [2.05, 4.69) is 53.7 Å². The molecule has 8 heteroatoms. The van der Waals surface area contributed by atoms with E-state index in [0.29, 0.717) is 57.7 Å². The first-order chi connectivity index (χ1) is 38.3. The Morgan fingerprint density at radius 3 is 0.923 bits per heavy atom. The van der Waals surface area contributed by atoms with E-state index < -0.39 is 0 Å². The molecule has 8 nitrogen and oxygen atoms in total. The average Bonchev–Trinajstić information content (AvgIpc) is 3.47. The molecule has 0 aliphatic carbocycles. The van der Waals surface area contributed by atoms with E-state index in [9.17, 15) is 0 Å². The fraction of sp³-hybridized carbons (Fsp3) is 0.657. The van der Waals surface area contributed by atoms with E-state index in [4.69, 9.17) is 9.47 Å². The van der Waals surface area contributed by atoms with Gasteiger partial charge in [0.05, 0.1) is 24.3 Å². The average molecular weight is 1070 g/mol. The molecule has 0 fully saturated rings. The Kier molecular flexibility index (Phi) is 24.9. The zero-order valence-corrected chi connectivity index (χ0v) is 49.8. The van der Waals surface area contributed by atoms with Crippen molar-refractivity contribution in [1.82, 2.24) is 9.80 Å². The van der Waals surface area contributed by atoms with E-state index in [1.807, 2.05) is 24.3 Å². The van der Waals surface area contributed by atoms with Gasteiger partial charge in [0.2, 0.25) is 0 Å². The van der Waals surface area contributed by atoms with Crippen LogP contribution in [0.3, 0.4) is 0 Å². The van der Waals surface area contributed by atoms with Crippen molar-refractivity contribution < 1.29 is 28.7 Å². The van der Waals surface area contributed by atoms with Gasteiger partial charge in [-0.3, -0.25) is 29.0 Å². The van der Waals surface area contributed by atoms with Crippen LogP contribution in [0.1, 0.15) is 314 Å². The van der Waals surface area contributed by atoms with E-state index in [0.717, 1.165) is 199 Å². The molecular formula is C70H102N2O6. The van der Waals surface area contributed by atoms with E-state index in [1.54, 1.807) is 9.80 Å². The normalized spacial score (nSPS) is 13.7. The number of carbonyl (C=O) groups is 4. The maximum atomic E-state index is 15.5. The van der Waals surface area contributed by atoms with Gasteiger partial charge in [-0.05, 0) is 78.9 Å². The third kappa shape index (κ3) is 14.6. The largest absolute Gasteiger partial charge is 0.493 e. The Labute approximate surface area is 471 Å². The Hall–Kier alpha value is -4.72. The number of unbranched alkanes of at least 4 members (excludes halogenated alkanes) is 26. The summed E-state index contributed by atoms with van der Waals surface area (Å²) in [5.74, 6) is 0.317. The lowest BCUT2D eigenvalue weighted by Gasteiger charge is -2.36. The summed E-state index contributed by atoms with van der Waals surface area (Å²) in [4.78, 5) is 64.7. The van der Waals surface area contributed by atoms with Gasteiger partial charge in [-0.2, -0.15) is 0 Å². The fourth-order valence-corrected chi connectivity index (χ4v) is 13.2. The first-order valence-electron chi connectivity index (χ1n) is 32.6. The summed E-state index contributed by atoms with van der Waals surface area (Å²) in [5, 5.41) is 6.33. The third-order valence-electron chi connectivity index (χ3n) is 17.6. The molecule has 0 radical (unpaired) electrons. The number of benzene rings is 5. The molecule has 0 bridgehead atoms. The minimum absolute atomic E-state index is 0.166. The van der Waals surface area contributed by atoms with Crippen LogP contribution in [-0.4, -0.2) is 58.7 Å². The van der Waals surface area contributed by atoms with Crippen LogP contribution in [0.15, 0.2) is 36.4 Å². The number of carbonyl (C=O) groups excluding carboxylic acids is 4. The Morgan fingerprint density at radius 2 is 0.590 bits per heavy atom. The smallest absolute Gasteiger partial charge is 0.261 e. The Morgan fingerprint density at radius 1 is 0.308 bits per heavy atom. The molecule has 2 heterocycles. The molecule has 0 saturated heterocycles. The first kappa shape index (κ1) is 60.9. The highest BCUT2D eigenvalue weighted by molar-refractivity contribution is 6.43. The second-order valence-electron chi connectivity index (χ2n) is 23.7. The van der Waals surface area contributed by atoms with Crippen molar-refractivity contribution in [1.29, 1.82) is 0 Å². The van der Waals surface area contributed by atoms with Crippen LogP contribution < -0.4 is 9.47 Å². The van der Waals surface area contributed by atoms with Crippen LogP contribution in [-0.2, 0) is 0 Å². The highest BCUT2D eigenvalue weighted by Crippen LogP contribution is 2.52. The standard InChI is InChI=1S/C70H102N2O6/c1-7-13-19-25-27-29-31-37-47-77-59-49-57-63-58(70(76)72(69(57)75)52(41-35-23-17-11-5)42-36-24-18-12-6)50-60(78-48-38-32-30-28-26-20-14-8-2)65-54-44-46-56-62-55(45-43-53(61(54)62)64(59)66(63)65)67(73)71(68(56)74)51(39-33-21-15-9-3)40-34-22-16-10-4/h43-46,49-52H,7-42,47-48H2,1-6H3. The lowest BCUT2D eigenvalue weighted by atomic mass is 9.81. The maximum absolute atomic E-state index is 15.5. The Balaban J connectivity index is 1.40. The van der Waals surface area contributed by atoms with Crippen LogP contribution in [0, 0.1) is 0 Å².